The van der Waals surface area contributed by atoms with Crippen LogP contribution in [0.1, 0.15) is 56.1 Å². The van der Waals surface area contributed by atoms with Crippen LogP contribution in [-0.2, 0) is 16.0 Å². The Labute approximate surface area is 171 Å². The second kappa shape index (κ2) is 11.0. The molecule has 0 bridgehead atoms. The Morgan fingerprint density at radius 3 is 2.54 bits per heavy atom. The van der Waals surface area contributed by atoms with Crippen LogP contribution >= 0.6 is 0 Å². The first-order valence-corrected chi connectivity index (χ1v) is 11.2. The molecular formula is C24H38N2O2. The maximum Gasteiger partial charge on any atom is 0.225 e. The number of carbonyl (C=O) groups is 1. The van der Waals surface area contributed by atoms with Crippen LogP contribution in [0, 0.1) is 12.8 Å². The third kappa shape index (κ3) is 6.05. The van der Waals surface area contributed by atoms with Crippen molar-refractivity contribution in [3.63, 3.8) is 0 Å². The highest BCUT2D eigenvalue weighted by atomic mass is 16.5. The molecule has 28 heavy (non-hydrogen) atoms. The molecule has 156 valence electrons. The van der Waals surface area contributed by atoms with Gasteiger partial charge in [-0.25, -0.2) is 0 Å². The van der Waals surface area contributed by atoms with Gasteiger partial charge in [0.2, 0.25) is 5.91 Å². The van der Waals surface area contributed by atoms with E-state index in [0.717, 1.165) is 19.5 Å². The van der Waals surface area contributed by atoms with Crippen molar-refractivity contribution in [1.29, 1.82) is 0 Å². The minimum absolute atomic E-state index is 0.302. The lowest BCUT2D eigenvalue weighted by Crippen LogP contribution is -2.45. The number of methoxy groups -OCH3 is 1. The van der Waals surface area contributed by atoms with Gasteiger partial charge in [-0.3, -0.25) is 4.79 Å². The Bertz CT molecular complexity index is 604. The summed E-state index contributed by atoms with van der Waals surface area (Å²) in [5, 5.41) is 0. The van der Waals surface area contributed by atoms with Crippen LogP contribution in [-0.4, -0.2) is 61.6 Å². The molecule has 4 heteroatoms. The summed E-state index contributed by atoms with van der Waals surface area (Å²) in [6, 6.07) is 9.21. The van der Waals surface area contributed by atoms with Crippen molar-refractivity contribution in [2.75, 3.05) is 39.9 Å². The molecule has 0 N–H and O–H groups in total. The zero-order chi connectivity index (χ0) is 19.8. The number of likely N-dealkylation sites (tertiary alicyclic amines) is 1. The minimum atomic E-state index is 0.302. The van der Waals surface area contributed by atoms with Crippen molar-refractivity contribution in [2.45, 2.75) is 64.3 Å². The Morgan fingerprint density at radius 2 is 1.86 bits per heavy atom. The summed E-state index contributed by atoms with van der Waals surface area (Å²) >= 11 is 0. The molecule has 1 saturated heterocycles. The monoisotopic (exact) mass is 386 g/mol. The zero-order valence-electron chi connectivity index (χ0n) is 17.9. The highest BCUT2D eigenvalue weighted by molar-refractivity contribution is 5.76. The van der Waals surface area contributed by atoms with Crippen molar-refractivity contribution in [1.82, 2.24) is 9.80 Å². The molecule has 1 heterocycles. The number of piperidine rings is 1. The second-order valence-corrected chi connectivity index (χ2v) is 8.69. The first-order valence-electron chi connectivity index (χ1n) is 11.2. The summed E-state index contributed by atoms with van der Waals surface area (Å²) in [6.07, 6.45) is 9.03. The molecule has 1 aromatic carbocycles. The van der Waals surface area contributed by atoms with E-state index in [1.807, 2.05) is 0 Å². The predicted octanol–water partition coefficient (Wildman–Crippen LogP) is 4.06. The van der Waals surface area contributed by atoms with Gasteiger partial charge in [-0.1, -0.05) is 37.1 Å². The Kier molecular flexibility index (Phi) is 8.35. The van der Waals surface area contributed by atoms with Gasteiger partial charge >= 0.3 is 0 Å². The number of ether oxygens (including phenoxy) is 1. The van der Waals surface area contributed by atoms with E-state index in [1.54, 1.807) is 7.11 Å². The molecule has 4 nitrogen and oxygen atoms in total. The first kappa shape index (κ1) is 21.3. The van der Waals surface area contributed by atoms with Crippen LogP contribution in [0.5, 0.6) is 0 Å². The molecule has 0 unspecified atom stereocenters. The van der Waals surface area contributed by atoms with Gasteiger partial charge < -0.3 is 14.5 Å². The SMILES string of the molecule is COCCC(=O)N(CC1CCN(CCc2ccccc2C)CC1)C1CCCC1. The number of rotatable bonds is 9. The van der Waals surface area contributed by atoms with E-state index >= 15 is 0 Å². The largest absolute Gasteiger partial charge is 0.384 e. The fraction of sp³-hybridized carbons (Fsp3) is 0.708. The van der Waals surface area contributed by atoms with Crippen molar-refractivity contribution in [3.05, 3.63) is 35.4 Å². The summed E-state index contributed by atoms with van der Waals surface area (Å²) in [5.74, 6) is 0.956. The number of carbonyl (C=O) groups excluding carboxylic acids is 1. The lowest BCUT2D eigenvalue weighted by atomic mass is 9.94. The van der Waals surface area contributed by atoms with Crippen LogP contribution in [0.2, 0.25) is 0 Å². The van der Waals surface area contributed by atoms with Crippen molar-refractivity contribution in [2.24, 2.45) is 5.92 Å². The predicted molar refractivity (Wildman–Crippen MR) is 115 cm³/mol. The molecule has 3 rings (SSSR count). The third-order valence-electron chi connectivity index (χ3n) is 6.73. The summed E-state index contributed by atoms with van der Waals surface area (Å²) in [4.78, 5) is 17.6. The van der Waals surface area contributed by atoms with E-state index in [-0.39, 0.29) is 0 Å². The summed E-state index contributed by atoms with van der Waals surface area (Å²) in [5.41, 5.74) is 2.87. The fourth-order valence-corrected chi connectivity index (χ4v) is 4.84. The molecule has 1 amide bonds. The molecule has 0 spiro atoms. The van der Waals surface area contributed by atoms with Gasteiger partial charge in [-0.05, 0) is 69.2 Å². The van der Waals surface area contributed by atoms with Gasteiger partial charge in [0.15, 0.2) is 0 Å². The molecule has 0 aromatic heterocycles. The van der Waals surface area contributed by atoms with E-state index in [0.29, 0.717) is 30.9 Å². The molecule has 0 atom stereocenters. The first-order chi connectivity index (χ1) is 13.7. The molecule has 1 aliphatic heterocycles. The molecule has 2 aliphatic rings. The Balaban J connectivity index is 1.46. The average Bonchev–Trinajstić information content (AvgIpc) is 3.25. The Morgan fingerprint density at radius 1 is 1.14 bits per heavy atom. The summed E-state index contributed by atoms with van der Waals surface area (Å²) in [7, 11) is 1.68. The van der Waals surface area contributed by atoms with Crippen LogP contribution in [0.15, 0.2) is 24.3 Å². The normalized spacial score (nSPS) is 19.2. The average molecular weight is 387 g/mol. The van der Waals surface area contributed by atoms with Gasteiger partial charge in [0.05, 0.1) is 13.0 Å². The number of nitrogens with zero attached hydrogens (tertiary/aromatic N) is 2. The van der Waals surface area contributed by atoms with E-state index < -0.39 is 0 Å². The van der Waals surface area contributed by atoms with Gasteiger partial charge in [-0.15, -0.1) is 0 Å². The molecule has 1 aromatic rings. The van der Waals surface area contributed by atoms with Crippen molar-refractivity contribution >= 4 is 5.91 Å². The van der Waals surface area contributed by atoms with Gasteiger partial charge in [0.1, 0.15) is 0 Å². The minimum Gasteiger partial charge on any atom is -0.384 e. The van der Waals surface area contributed by atoms with Gasteiger partial charge in [-0.2, -0.15) is 0 Å². The van der Waals surface area contributed by atoms with Gasteiger partial charge in [0, 0.05) is 26.2 Å². The highest BCUT2D eigenvalue weighted by Crippen LogP contribution is 2.27. The summed E-state index contributed by atoms with van der Waals surface area (Å²) < 4.78 is 5.15. The van der Waals surface area contributed by atoms with Crippen molar-refractivity contribution < 1.29 is 9.53 Å². The quantitative estimate of drug-likeness (QED) is 0.642. The number of amides is 1. The van der Waals surface area contributed by atoms with E-state index in [1.165, 1.54) is 62.7 Å². The molecule has 0 radical (unpaired) electrons. The molecule has 2 fully saturated rings. The standard InChI is InChI=1S/C24H38N2O2/c1-20-7-3-4-8-22(20)13-17-25-15-11-21(12-16-25)19-26(23-9-5-6-10-23)24(27)14-18-28-2/h3-4,7-8,21,23H,5-6,9-19H2,1-2H3. The number of aryl methyl sites for hydroxylation is 1. The lowest BCUT2D eigenvalue weighted by Gasteiger charge is -2.37. The summed E-state index contributed by atoms with van der Waals surface area (Å²) in [6.45, 7) is 7.19. The van der Waals surface area contributed by atoms with Crippen LogP contribution in [0.4, 0.5) is 0 Å². The molecule has 1 aliphatic carbocycles. The topological polar surface area (TPSA) is 32.8 Å². The lowest BCUT2D eigenvalue weighted by molar-refractivity contribution is -0.135. The molecular weight excluding hydrogens is 348 g/mol. The third-order valence-corrected chi connectivity index (χ3v) is 6.73. The van der Waals surface area contributed by atoms with Crippen LogP contribution in [0.3, 0.4) is 0 Å². The maximum absolute atomic E-state index is 12.8. The van der Waals surface area contributed by atoms with Crippen molar-refractivity contribution in [3.8, 4) is 0 Å². The van der Waals surface area contributed by atoms with Gasteiger partial charge in [0.25, 0.3) is 0 Å². The smallest absolute Gasteiger partial charge is 0.225 e. The van der Waals surface area contributed by atoms with E-state index in [4.69, 9.17) is 4.74 Å². The zero-order valence-corrected chi connectivity index (χ0v) is 17.9. The molecule has 1 saturated carbocycles. The number of benzene rings is 1. The number of hydrogen-bond donors (Lipinski definition) is 0. The number of hydrogen-bond acceptors (Lipinski definition) is 3. The van der Waals surface area contributed by atoms with Crippen LogP contribution in [0.25, 0.3) is 0 Å². The fourth-order valence-electron chi connectivity index (χ4n) is 4.84. The highest BCUT2D eigenvalue weighted by Gasteiger charge is 2.30. The van der Waals surface area contributed by atoms with E-state index in [2.05, 4.69) is 41.0 Å². The Hall–Kier alpha value is -1.39. The van der Waals surface area contributed by atoms with E-state index in [9.17, 15) is 4.79 Å². The maximum atomic E-state index is 12.8. The van der Waals surface area contributed by atoms with Crippen LogP contribution < -0.4 is 0 Å². The second-order valence-electron chi connectivity index (χ2n) is 8.69.